The fourth-order valence-electron chi connectivity index (χ4n) is 2.23. The third kappa shape index (κ3) is 6.96. The number of rotatable bonds is 7. The number of amides is 2. The average Bonchev–Trinajstić information content (AvgIpc) is 2.68. The molecule has 0 saturated carbocycles. The van der Waals surface area contributed by atoms with E-state index in [2.05, 4.69) is 15.8 Å². The monoisotopic (exact) mass is 458 g/mol. The summed E-state index contributed by atoms with van der Waals surface area (Å²) in [5.74, 6) is -1.77. The number of nitrogens with one attached hydrogen (secondary N) is 2. The van der Waals surface area contributed by atoms with Gasteiger partial charge in [-0.2, -0.15) is 18.3 Å². The van der Waals surface area contributed by atoms with Gasteiger partial charge in [-0.3, -0.25) is 19.7 Å². The van der Waals surface area contributed by atoms with E-state index in [9.17, 15) is 38.0 Å². The molecular formula is C18H14ClF3N4O5. The second-order valence-electron chi connectivity index (χ2n) is 6.03. The van der Waals surface area contributed by atoms with Gasteiger partial charge in [-0.1, -0.05) is 11.6 Å². The highest BCUT2D eigenvalue weighted by atomic mass is 35.5. The maximum Gasteiger partial charge on any atom is 0.416 e. The van der Waals surface area contributed by atoms with Crippen molar-refractivity contribution >= 4 is 41.0 Å². The molecule has 13 heteroatoms. The van der Waals surface area contributed by atoms with E-state index in [1.165, 1.54) is 0 Å². The zero-order valence-corrected chi connectivity index (χ0v) is 16.2. The Kier molecular flexibility index (Phi) is 7.53. The van der Waals surface area contributed by atoms with Crippen molar-refractivity contribution in [2.75, 3.05) is 5.32 Å². The van der Waals surface area contributed by atoms with Crippen LogP contribution in [0, 0.1) is 10.1 Å². The number of carbonyl (C=O) groups excluding carboxylic acids is 2. The molecule has 0 aliphatic heterocycles. The van der Waals surface area contributed by atoms with Crippen LogP contribution >= 0.6 is 11.6 Å². The molecule has 0 radical (unpaired) electrons. The summed E-state index contributed by atoms with van der Waals surface area (Å²) in [6.45, 7) is 0. The van der Waals surface area contributed by atoms with Crippen molar-refractivity contribution in [1.29, 1.82) is 0 Å². The SMILES string of the molecule is O=C(CCC(=O)Nc1cc(C(F)(F)F)ccc1Cl)NN=Cc1cc([N+](=O)[O-])ccc1O. The molecule has 0 heterocycles. The number of hydrogen-bond donors (Lipinski definition) is 3. The highest BCUT2D eigenvalue weighted by Gasteiger charge is 2.31. The van der Waals surface area contributed by atoms with Gasteiger partial charge in [0, 0.05) is 30.5 Å². The first-order chi connectivity index (χ1) is 14.5. The third-order valence-electron chi connectivity index (χ3n) is 3.76. The number of aromatic hydroxyl groups is 1. The Hall–Kier alpha value is -3.67. The fraction of sp³-hybridized carbons (Fsp3) is 0.167. The molecule has 0 fully saturated rings. The first kappa shape index (κ1) is 23.6. The van der Waals surface area contributed by atoms with Crippen molar-refractivity contribution in [2.24, 2.45) is 5.10 Å². The number of nitro groups is 1. The van der Waals surface area contributed by atoms with Crippen molar-refractivity contribution in [3.05, 3.63) is 62.7 Å². The van der Waals surface area contributed by atoms with Crippen LogP contribution in [0.5, 0.6) is 5.75 Å². The molecule has 0 aliphatic rings. The number of alkyl halides is 3. The second-order valence-corrected chi connectivity index (χ2v) is 6.44. The summed E-state index contributed by atoms with van der Waals surface area (Å²) in [4.78, 5) is 33.7. The molecule has 0 spiro atoms. The predicted octanol–water partition coefficient (Wildman–Crippen LogP) is 3.84. The van der Waals surface area contributed by atoms with Gasteiger partial charge in [0.05, 0.1) is 27.4 Å². The van der Waals surface area contributed by atoms with Crippen LogP contribution in [-0.2, 0) is 15.8 Å². The lowest BCUT2D eigenvalue weighted by Gasteiger charge is -2.11. The largest absolute Gasteiger partial charge is 0.507 e. The van der Waals surface area contributed by atoms with Crippen LogP contribution in [0.15, 0.2) is 41.5 Å². The number of non-ortho nitro benzene ring substituents is 1. The lowest BCUT2D eigenvalue weighted by Crippen LogP contribution is -2.21. The first-order valence-electron chi connectivity index (χ1n) is 8.43. The van der Waals surface area contributed by atoms with E-state index in [4.69, 9.17) is 11.6 Å². The minimum absolute atomic E-state index is 0.0218. The third-order valence-corrected chi connectivity index (χ3v) is 4.09. The molecule has 2 amide bonds. The Balaban J connectivity index is 1.89. The Morgan fingerprint density at radius 2 is 1.84 bits per heavy atom. The average molecular weight is 459 g/mol. The van der Waals surface area contributed by atoms with Crippen molar-refractivity contribution < 1.29 is 32.8 Å². The molecule has 0 aliphatic carbocycles. The number of carbonyl (C=O) groups is 2. The van der Waals surface area contributed by atoms with Gasteiger partial charge in [0.2, 0.25) is 11.8 Å². The molecule has 3 N–H and O–H groups in total. The van der Waals surface area contributed by atoms with Crippen LogP contribution in [0.2, 0.25) is 5.02 Å². The van der Waals surface area contributed by atoms with Crippen LogP contribution in [-0.4, -0.2) is 28.1 Å². The number of nitro benzene ring substituents is 1. The summed E-state index contributed by atoms with van der Waals surface area (Å²) in [7, 11) is 0. The van der Waals surface area contributed by atoms with E-state index >= 15 is 0 Å². The Morgan fingerprint density at radius 1 is 1.16 bits per heavy atom. The molecule has 2 aromatic rings. The summed E-state index contributed by atoms with van der Waals surface area (Å²) >= 11 is 5.78. The highest BCUT2D eigenvalue weighted by molar-refractivity contribution is 6.33. The number of anilines is 1. The number of phenols is 1. The van der Waals surface area contributed by atoms with Gasteiger partial charge in [-0.15, -0.1) is 0 Å². The predicted molar refractivity (Wildman–Crippen MR) is 105 cm³/mol. The fourth-order valence-corrected chi connectivity index (χ4v) is 2.39. The van der Waals surface area contributed by atoms with Crippen molar-refractivity contribution in [3.63, 3.8) is 0 Å². The van der Waals surface area contributed by atoms with Gasteiger partial charge in [-0.05, 0) is 24.3 Å². The van der Waals surface area contributed by atoms with E-state index in [-0.39, 0.29) is 40.6 Å². The van der Waals surface area contributed by atoms with Crippen LogP contribution < -0.4 is 10.7 Å². The molecule has 9 nitrogen and oxygen atoms in total. The van der Waals surface area contributed by atoms with E-state index in [0.29, 0.717) is 6.07 Å². The summed E-state index contributed by atoms with van der Waals surface area (Å²) in [6, 6.07) is 5.64. The lowest BCUT2D eigenvalue weighted by molar-refractivity contribution is -0.384. The van der Waals surface area contributed by atoms with Crippen LogP contribution in [0.3, 0.4) is 0 Å². The number of hydrogen-bond acceptors (Lipinski definition) is 6. The number of hydrazone groups is 1. The molecule has 0 unspecified atom stereocenters. The van der Waals surface area contributed by atoms with Crippen molar-refractivity contribution in [1.82, 2.24) is 5.43 Å². The first-order valence-corrected chi connectivity index (χ1v) is 8.81. The molecule has 0 saturated heterocycles. The minimum atomic E-state index is -4.62. The van der Waals surface area contributed by atoms with E-state index in [1.807, 2.05) is 0 Å². The Morgan fingerprint density at radius 3 is 2.48 bits per heavy atom. The molecular weight excluding hydrogens is 445 g/mol. The van der Waals surface area contributed by atoms with Crippen LogP contribution in [0.4, 0.5) is 24.5 Å². The Bertz CT molecular complexity index is 1040. The maximum absolute atomic E-state index is 12.7. The smallest absolute Gasteiger partial charge is 0.416 e. The molecule has 164 valence electrons. The van der Waals surface area contributed by atoms with Gasteiger partial charge in [0.1, 0.15) is 5.75 Å². The van der Waals surface area contributed by atoms with E-state index in [1.54, 1.807) is 0 Å². The zero-order valence-electron chi connectivity index (χ0n) is 15.4. The molecule has 2 aromatic carbocycles. The van der Waals surface area contributed by atoms with Gasteiger partial charge in [0.25, 0.3) is 5.69 Å². The highest BCUT2D eigenvalue weighted by Crippen LogP contribution is 2.33. The van der Waals surface area contributed by atoms with Crippen LogP contribution in [0.1, 0.15) is 24.0 Å². The Labute approximate surface area is 177 Å². The van der Waals surface area contributed by atoms with Gasteiger partial charge >= 0.3 is 6.18 Å². The molecule has 31 heavy (non-hydrogen) atoms. The lowest BCUT2D eigenvalue weighted by atomic mass is 10.2. The van der Waals surface area contributed by atoms with Crippen molar-refractivity contribution in [2.45, 2.75) is 19.0 Å². The molecule has 0 bridgehead atoms. The van der Waals surface area contributed by atoms with E-state index in [0.717, 1.165) is 36.5 Å². The zero-order chi connectivity index (χ0) is 23.2. The standard InChI is InChI=1S/C18H14ClF3N4O5/c19-13-3-1-11(18(20,21)22)8-14(13)24-16(28)5-6-17(29)25-23-9-10-7-12(26(30)31)2-4-15(10)27/h1-4,7-9,27H,5-6H2,(H,24,28)(H,25,29). The van der Waals surface area contributed by atoms with Crippen LogP contribution in [0.25, 0.3) is 0 Å². The van der Waals surface area contributed by atoms with Gasteiger partial charge in [-0.25, -0.2) is 5.43 Å². The number of halogens is 4. The molecule has 0 aromatic heterocycles. The number of nitrogens with zero attached hydrogens (tertiary/aromatic N) is 2. The normalized spacial score (nSPS) is 11.4. The summed E-state index contributed by atoms with van der Waals surface area (Å²) < 4.78 is 38.2. The minimum Gasteiger partial charge on any atom is -0.507 e. The summed E-state index contributed by atoms with van der Waals surface area (Å²) in [6.07, 6.45) is -4.38. The topological polar surface area (TPSA) is 134 Å². The number of benzene rings is 2. The molecule has 2 rings (SSSR count). The van der Waals surface area contributed by atoms with Gasteiger partial charge in [0.15, 0.2) is 0 Å². The molecule has 0 atom stereocenters. The summed E-state index contributed by atoms with van der Waals surface area (Å²) in [5, 5.41) is 26.0. The van der Waals surface area contributed by atoms with Crippen molar-refractivity contribution in [3.8, 4) is 5.75 Å². The summed E-state index contributed by atoms with van der Waals surface area (Å²) in [5.41, 5.74) is 0.498. The van der Waals surface area contributed by atoms with Gasteiger partial charge < -0.3 is 10.4 Å². The number of phenolic OH excluding ortho intramolecular Hbond substituents is 1. The second kappa shape index (κ2) is 9.89. The van der Waals surface area contributed by atoms with E-state index < -0.39 is 28.5 Å². The maximum atomic E-state index is 12.7. The quantitative estimate of drug-likeness (QED) is 0.329.